The average molecular weight is 240 g/mol. The van der Waals surface area contributed by atoms with Crippen LogP contribution in [0.5, 0.6) is 0 Å². The number of benzene rings is 1. The fourth-order valence-electron chi connectivity index (χ4n) is 1.36. The predicted octanol–water partition coefficient (Wildman–Crippen LogP) is 1.99. The molecule has 0 saturated carbocycles. The summed E-state index contributed by atoms with van der Waals surface area (Å²) in [6.07, 6.45) is 0. The Bertz CT molecular complexity index is 599. The molecule has 0 radical (unpaired) electrons. The van der Waals surface area contributed by atoms with Crippen molar-refractivity contribution in [1.82, 2.24) is 5.16 Å². The normalized spacial score (nSPS) is 10.3. The van der Waals surface area contributed by atoms with Crippen LogP contribution in [-0.4, -0.2) is 16.2 Å². The van der Waals surface area contributed by atoms with E-state index in [4.69, 9.17) is 16.7 Å². The van der Waals surface area contributed by atoms with Gasteiger partial charge in [0.05, 0.1) is 0 Å². The molecule has 16 heavy (non-hydrogen) atoms. The first-order valence-electron chi connectivity index (χ1n) is 4.30. The van der Waals surface area contributed by atoms with E-state index in [0.29, 0.717) is 10.6 Å². The number of aromatic amines is 1. The second kappa shape index (κ2) is 3.86. The van der Waals surface area contributed by atoms with Crippen LogP contribution in [0.15, 0.2) is 33.6 Å². The van der Waals surface area contributed by atoms with Gasteiger partial charge in [-0.3, -0.25) is 0 Å². The molecular formula is C10H6ClNO4. The quantitative estimate of drug-likeness (QED) is 0.839. The molecule has 5 nitrogen and oxygen atoms in total. The summed E-state index contributed by atoms with van der Waals surface area (Å²) in [6.45, 7) is 0. The molecule has 1 aromatic heterocycles. The third kappa shape index (κ3) is 1.72. The van der Waals surface area contributed by atoms with E-state index in [2.05, 4.69) is 9.68 Å². The summed E-state index contributed by atoms with van der Waals surface area (Å²) in [5.41, 5.74) is -0.651. The maximum atomic E-state index is 11.4. The highest BCUT2D eigenvalue weighted by molar-refractivity contribution is 6.30. The zero-order valence-electron chi connectivity index (χ0n) is 7.86. The molecule has 0 bridgehead atoms. The van der Waals surface area contributed by atoms with Gasteiger partial charge in [0.25, 0.3) is 0 Å². The number of hydrogen-bond acceptors (Lipinski definition) is 3. The Morgan fingerprint density at radius 3 is 2.81 bits per heavy atom. The third-order valence-electron chi connectivity index (χ3n) is 2.03. The molecule has 1 heterocycles. The van der Waals surface area contributed by atoms with Crippen LogP contribution in [-0.2, 0) is 0 Å². The summed E-state index contributed by atoms with van der Waals surface area (Å²) in [5, 5.41) is 11.3. The highest BCUT2D eigenvalue weighted by atomic mass is 35.5. The van der Waals surface area contributed by atoms with Crippen molar-refractivity contribution >= 4 is 17.6 Å². The summed E-state index contributed by atoms with van der Waals surface area (Å²) in [7, 11) is 0. The number of carboxylic acids is 1. The Morgan fingerprint density at radius 2 is 2.19 bits per heavy atom. The van der Waals surface area contributed by atoms with Crippen LogP contribution >= 0.6 is 11.6 Å². The Hall–Kier alpha value is -2.01. The maximum Gasteiger partial charge on any atom is 0.365 e. The number of rotatable bonds is 2. The Morgan fingerprint density at radius 1 is 1.44 bits per heavy atom. The molecule has 0 saturated heterocycles. The fraction of sp³-hybridized carbons (Fsp3) is 0. The number of carboxylic acid groups (broad SMARTS) is 1. The summed E-state index contributed by atoms with van der Waals surface area (Å²) >= 11 is 5.76. The van der Waals surface area contributed by atoms with Crippen molar-refractivity contribution in [2.24, 2.45) is 0 Å². The SMILES string of the molecule is O=C(O)c1[nH]oc(=O)c1-c1cccc(Cl)c1. The van der Waals surface area contributed by atoms with Gasteiger partial charge in [0, 0.05) is 5.02 Å². The molecule has 2 N–H and O–H groups in total. The molecule has 0 unspecified atom stereocenters. The van der Waals surface area contributed by atoms with Crippen molar-refractivity contribution in [2.45, 2.75) is 0 Å². The number of H-pyrrole nitrogens is 1. The van der Waals surface area contributed by atoms with Gasteiger partial charge in [-0.05, 0) is 17.7 Å². The largest absolute Gasteiger partial charge is 0.476 e. The molecule has 0 spiro atoms. The third-order valence-corrected chi connectivity index (χ3v) is 2.26. The van der Waals surface area contributed by atoms with Gasteiger partial charge in [-0.2, -0.15) is 0 Å². The zero-order valence-corrected chi connectivity index (χ0v) is 8.62. The minimum absolute atomic E-state index is 0.0324. The van der Waals surface area contributed by atoms with Crippen molar-refractivity contribution in [3.05, 3.63) is 45.4 Å². The van der Waals surface area contributed by atoms with Gasteiger partial charge in [-0.15, -0.1) is 0 Å². The molecule has 0 aliphatic heterocycles. The van der Waals surface area contributed by atoms with Gasteiger partial charge in [0.2, 0.25) is 0 Å². The van der Waals surface area contributed by atoms with E-state index >= 15 is 0 Å². The molecule has 2 rings (SSSR count). The molecule has 1 aromatic carbocycles. The van der Waals surface area contributed by atoms with Crippen molar-refractivity contribution in [3.8, 4) is 11.1 Å². The Balaban J connectivity index is 2.68. The summed E-state index contributed by atoms with van der Waals surface area (Å²) in [4.78, 5) is 22.2. The second-order valence-corrected chi connectivity index (χ2v) is 3.49. The predicted molar refractivity (Wildman–Crippen MR) is 56.7 cm³/mol. The smallest absolute Gasteiger partial charge is 0.365 e. The van der Waals surface area contributed by atoms with Crippen molar-refractivity contribution in [1.29, 1.82) is 0 Å². The van der Waals surface area contributed by atoms with E-state index < -0.39 is 11.6 Å². The van der Waals surface area contributed by atoms with Crippen LogP contribution in [0.4, 0.5) is 0 Å². The molecule has 0 amide bonds. The van der Waals surface area contributed by atoms with Crippen LogP contribution in [0.2, 0.25) is 5.02 Å². The van der Waals surface area contributed by atoms with Gasteiger partial charge in [0.1, 0.15) is 5.56 Å². The second-order valence-electron chi connectivity index (χ2n) is 3.06. The van der Waals surface area contributed by atoms with Crippen LogP contribution in [0.3, 0.4) is 0 Å². The molecule has 0 aliphatic carbocycles. The number of aromatic carboxylic acids is 1. The maximum absolute atomic E-state index is 11.4. The standard InChI is InChI=1S/C10H6ClNO4/c11-6-3-1-2-5(4-6)7-8(9(13)14)12-16-10(7)15/h1-4,12H,(H,13,14). The Labute approximate surface area is 94.2 Å². The molecule has 0 atom stereocenters. The van der Waals surface area contributed by atoms with E-state index in [9.17, 15) is 9.59 Å². The van der Waals surface area contributed by atoms with Crippen molar-refractivity contribution < 1.29 is 14.4 Å². The highest BCUT2D eigenvalue weighted by Crippen LogP contribution is 2.22. The number of aromatic nitrogens is 1. The van der Waals surface area contributed by atoms with Crippen molar-refractivity contribution in [2.75, 3.05) is 0 Å². The topological polar surface area (TPSA) is 83.3 Å². The summed E-state index contributed by atoms with van der Waals surface area (Å²) in [5.74, 6) is -1.26. The zero-order chi connectivity index (χ0) is 11.7. The first-order chi connectivity index (χ1) is 7.59. The van der Waals surface area contributed by atoms with E-state index in [-0.39, 0.29) is 11.3 Å². The van der Waals surface area contributed by atoms with Gasteiger partial charge >= 0.3 is 11.6 Å². The molecule has 0 fully saturated rings. The van der Waals surface area contributed by atoms with Crippen LogP contribution in [0, 0.1) is 0 Å². The lowest BCUT2D eigenvalue weighted by Crippen LogP contribution is -2.03. The van der Waals surface area contributed by atoms with Crippen LogP contribution < -0.4 is 5.63 Å². The van der Waals surface area contributed by atoms with Gasteiger partial charge in [-0.25, -0.2) is 14.7 Å². The van der Waals surface area contributed by atoms with E-state index in [1.807, 2.05) is 0 Å². The lowest BCUT2D eigenvalue weighted by Gasteiger charge is -1.97. The molecule has 82 valence electrons. The number of carbonyl (C=O) groups is 1. The minimum atomic E-state index is -1.26. The van der Waals surface area contributed by atoms with E-state index in [1.54, 1.807) is 18.2 Å². The monoisotopic (exact) mass is 239 g/mol. The Kier molecular flexibility index (Phi) is 2.54. The van der Waals surface area contributed by atoms with Gasteiger partial charge in [-0.1, -0.05) is 23.7 Å². The summed E-state index contributed by atoms with van der Waals surface area (Å²) in [6, 6.07) is 6.32. The fourth-order valence-corrected chi connectivity index (χ4v) is 1.55. The molecule has 6 heteroatoms. The van der Waals surface area contributed by atoms with Gasteiger partial charge < -0.3 is 9.63 Å². The average Bonchev–Trinajstić information content (AvgIpc) is 2.60. The van der Waals surface area contributed by atoms with Crippen LogP contribution in [0.25, 0.3) is 11.1 Å². The van der Waals surface area contributed by atoms with E-state index in [0.717, 1.165) is 0 Å². The highest BCUT2D eigenvalue weighted by Gasteiger charge is 2.19. The lowest BCUT2D eigenvalue weighted by molar-refractivity contribution is 0.0686. The van der Waals surface area contributed by atoms with Gasteiger partial charge in [0.15, 0.2) is 5.69 Å². The number of hydrogen-bond donors (Lipinski definition) is 2. The first-order valence-corrected chi connectivity index (χ1v) is 4.68. The van der Waals surface area contributed by atoms with Crippen LogP contribution in [0.1, 0.15) is 10.5 Å². The molecule has 2 aromatic rings. The minimum Gasteiger partial charge on any atom is -0.476 e. The molecule has 0 aliphatic rings. The lowest BCUT2D eigenvalue weighted by atomic mass is 10.1. The van der Waals surface area contributed by atoms with Crippen molar-refractivity contribution in [3.63, 3.8) is 0 Å². The number of nitrogens with one attached hydrogen (secondary N) is 1. The van der Waals surface area contributed by atoms with E-state index in [1.165, 1.54) is 6.07 Å². The summed E-state index contributed by atoms with van der Waals surface area (Å²) < 4.78 is 4.45. The number of halogens is 1. The molecular weight excluding hydrogens is 234 g/mol. The first kappa shape index (κ1) is 10.5.